The van der Waals surface area contributed by atoms with Crippen molar-refractivity contribution in [1.82, 2.24) is 5.43 Å². The normalized spacial score (nSPS) is 10.3. The van der Waals surface area contributed by atoms with Gasteiger partial charge in [0.25, 0.3) is 5.91 Å². The van der Waals surface area contributed by atoms with Crippen molar-refractivity contribution < 1.29 is 4.79 Å². The standard InChI is InChI=1S/C15H15BrN2OS/c1-10-6-7-12(16)8-11(10)9-20-14-5-3-2-4-13(14)15(19)18-17/h2-8H,9,17H2,1H3,(H,18,19). The first-order chi connectivity index (χ1) is 9.61. The van der Waals surface area contributed by atoms with Crippen molar-refractivity contribution in [3.8, 4) is 0 Å². The molecule has 0 radical (unpaired) electrons. The quantitative estimate of drug-likeness (QED) is 0.383. The number of hydrogen-bond donors (Lipinski definition) is 2. The molecule has 0 aliphatic rings. The van der Waals surface area contributed by atoms with Crippen molar-refractivity contribution >= 4 is 33.6 Å². The first-order valence-electron chi connectivity index (χ1n) is 6.09. The highest BCUT2D eigenvalue weighted by molar-refractivity contribution is 9.10. The highest BCUT2D eigenvalue weighted by Gasteiger charge is 2.10. The summed E-state index contributed by atoms with van der Waals surface area (Å²) in [6, 6.07) is 13.7. The van der Waals surface area contributed by atoms with Gasteiger partial charge in [0.05, 0.1) is 5.56 Å². The second kappa shape index (κ2) is 6.92. The summed E-state index contributed by atoms with van der Waals surface area (Å²) >= 11 is 5.11. The van der Waals surface area contributed by atoms with Crippen LogP contribution in [0.2, 0.25) is 0 Å². The first kappa shape index (κ1) is 15.1. The molecule has 0 saturated carbocycles. The molecule has 0 bridgehead atoms. The molecule has 0 aliphatic heterocycles. The van der Waals surface area contributed by atoms with Crippen LogP contribution in [0.3, 0.4) is 0 Å². The summed E-state index contributed by atoms with van der Waals surface area (Å²) in [5.41, 5.74) is 5.27. The second-order valence-electron chi connectivity index (χ2n) is 4.33. The van der Waals surface area contributed by atoms with Gasteiger partial charge in [-0.2, -0.15) is 0 Å². The molecule has 20 heavy (non-hydrogen) atoms. The topological polar surface area (TPSA) is 55.1 Å². The number of hydrazine groups is 1. The fraction of sp³-hybridized carbons (Fsp3) is 0.133. The van der Waals surface area contributed by atoms with Crippen LogP contribution in [-0.2, 0) is 5.75 Å². The van der Waals surface area contributed by atoms with Gasteiger partial charge in [-0.15, -0.1) is 11.8 Å². The zero-order valence-electron chi connectivity index (χ0n) is 11.0. The number of nitrogens with one attached hydrogen (secondary N) is 1. The molecular formula is C15H15BrN2OS. The maximum absolute atomic E-state index is 11.7. The number of amides is 1. The molecule has 0 heterocycles. The predicted molar refractivity (Wildman–Crippen MR) is 86.5 cm³/mol. The van der Waals surface area contributed by atoms with E-state index in [-0.39, 0.29) is 5.91 Å². The van der Waals surface area contributed by atoms with E-state index in [9.17, 15) is 4.79 Å². The summed E-state index contributed by atoms with van der Waals surface area (Å²) in [5.74, 6) is 5.75. The summed E-state index contributed by atoms with van der Waals surface area (Å²) in [6.07, 6.45) is 0. The van der Waals surface area contributed by atoms with Gasteiger partial charge in [0.1, 0.15) is 0 Å². The molecule has 0 aromatic heterocycles. The van der Waals surface area contributed by atoms with Crippen LogP contribution in [0.25, 0.3) is 0 Å². The number of carbonyl (C=O) groups is 1. The molecule has 0 unspecified atom stereocenters. The molecule has 3 N–H and O–H groups in total. The summed E-state index contributed by atoms with van der Waals surface area (Å²) in [6.45, 7) is 2.08. The molecule has 104 valence electrons. The highest BCUT2D eigenvalue weighted by Crippen LogP contribution is 2.28. The lowest BCUT2D eigenvalue weighted by Crippen LogP contribution is -2.30. The monoisotopic (exact) mass is 350 g/mol. The Morgan fingerprint density at radius 2 is 2.05 bits per heavy atom. The lowest BCUT2D eigenvalue weighted by molar-refractivity contribution is 0.0950. The lowest BCUT2D eigenvalue weighted by Gasteiger charge is -2.09. The smallest absolute Gasteiger partial charge is 0.266 e. The van der Waals surface area contributed by atoms with E-state index in [1.54, 1.807) is 17.8 Å². The van der Waals surface area contributed by atoms with Gasteiger partial charge >= 0.3 is 0 Å². The molecule has 2 rings (SSSR count). The minimum absolute atomic E-state index is 0.265. The van der Waals surface area contributed by atoms with Crippen LogP contribution >= 0.6 is 27.7 Å². The van der Waals surface area contributed by atoms with Crippen LogP contribution in [0.4, 0.5) is 0 Å². The van der Waals surface area contributed by atoms with Crippen molar-refractivity contribution in [3.05, 3.63) is 63.6 Å². The van der Waals surface area contributed by atoms with Crippen LogP contribution in [-0.4, -0.2) is 5.91 Å². The Bertz CT molecular complexity index is 631. The molecule has 5 heteroatoms. The Morgan fingerprint density at radius 3 is 2.80 bits per heavy atom. The fourth-order valence-electron chi connectivity index (χ4n) is 1.81. The maximum atomic E-state index is 11.7. The predicted octanol–water partition coefficient (Wildman–Crippen LogP) is 3.65. The number of carbonyl (C=O) groups excluding carboxylic acids is 1. The first-order valence-corrected chi connectivity index (χ1v) is 7.87. The molecule has 2 aromatic rings. The van der Waals surface area contributed by atoms with E-state index in [2.05, 4.69) is 40.4 Å². The summed E-state index contributed by atoms with van der Waals surface area (Å²) < 4.78 is 1.06. The molecule has 3 nitrogen and oxygen atoms in total. The third kappa shape index (κ3) is 3.62. The fourth-order valence-corrected chi connectivity index (χ4v) is 3.33. The van der Waals surface area contributed by atoms with Gasteiger partial charge in [0, 0.05) is 15.1 Å². The van der Waals surface area contributed by atoms with E-state index in [1.807, 2.05) is 24.3 Å². The summed E-state index contributed by atoms with van der Waals surface area (Å²) in [5, 5.41) is 0. The van der Waals surface area contributed by atoms with Crippen LogP contribution in [0.15, 0.2) is 51.8 Å². The number of hydrogen-bond acceptors (Lipinski definition) is 3. The van der Waals surface area contributed by atoms with Crippen molar-refractivity contribution in [2.24, 2.45) is 5.84 Å². The molecule has 0 saturated heterocycles. The van der Waals surface area contributed by atoms with Gasteiger partial charge in [-0.1, -0.05) is 34.1 Å². The number of thioether (sulfide) groups is 1. The van der Waals surface area contributed by atoms with Gasteiger partial charge in [-0.25, -0.2) is 5.84 Å². The Balaban J connectivity index is 2.19. The van der Waals surface area contributed by atoms with E-state index in [0.717, 1.165) is 15.1 Å². The van der Waals surface area contributed by atoms with Gasteiger partial charge in [-0.3, -0.25) is 10.2 Å². The van der Waals surface area contributed by atoms with Crippen molar-refractivity contribution in [1.29, 1.82) is 0 Å². The number of benzene rings is 2. The SMILES string of the molecule is Cc1ccc(Br)cc1CSc1ccccc1C(=O)NN. The van der Waals surface area contributed by atoms with Gasteiger partial charge in [0.15, 0.2) is 0 Å². The zero-order chi connectivity index (χ0) is 14.5. The Kier molecular flexibility index (Phi) is 5.23. The molecule has 0 fully saturated rings. The number of nitrogens with two attached hydrogens (primary N) is 1. The van der Waals surface area contributed by atoms with Crippen molar-refractivity contribution in [2.45, 2.75) is 17.6 Å². The van der Waals surface area contributed by atoms with Crippen LogP contribution in [0.1, 0.15) is 21.5 Å². The number of rotatable bonds is 4. The average Bonchev–Trinajstić information content (AvgIpc) is 2.47. The van der Waals surface area contributed by atoms with Gasteiger partial charge in [-0.05, 0) is 42.3 Å². The van der Waals surface area contributed by atoms with E-state index >= 15 is 0 Å². The Labute approximate surface area is 131 Å². The van der Waals surface area contributed by atoms with Crippen molar-refractivity contribution in [3.63, 3.8) is 0 Å². The van der Waals surface area contributed by atoms with Crippen LogP contribution < -0.4 is 11.3 Å². The molecule has 0 atom stereocenters. The minimum Gasteiger partial charge on any atom is -0.290 e. The third-order valence-corrected chi connectivity index (χ3v) is 4.57. The summed E-state index contributed by atoms with van der Waals surface area (Å²) in [7, 11) is 0. The molecule has 2 aromatic carbocycles. The average molecular weight is 351 g/mol. The molecular weight excluding hydrogens is 336 g/mol. The second-order valence-corrected chi connectivity index (χ2v) is 6.26. The Morgan fingerprint density at radius 1 is 1.30 bits per heavy atom. The van der Waals surface area contributed by atoms with Gasteiger partial charge < -0.3 is 0 Å². The molecule has 1 amide bonds. The maximum Gasteiger partial charge on any atom is 0.266 e. The van der Waals surface area contributed by atoms with E-state index in [4.69, 9.17) is 5.84 Å². The van der Waals surface area contributed by atoms with E-state index in [1.165, 1.54) is 11.1 Å². The zero-order valence-corrected chi connectivity index (χ0v) is 13.4. The number of halogens is 1. The van der Waals surface area contributed by atoms with E-state index < -0.39 is 0 Å². The lowest BCUT2D eigenvalue weighted by atomic mass is 10.1. The van der Waals surface area contributed by atoms with Gasteiger partial charge in [0.2, 0.25) is 0 Å². The van der Waals surface area contributed by atoms with E-state index in [0.29, 0.717) is 5.56 Å². The molecule has 0 aliphatic carbocycles. The Hall–Kier alpha value is -1.30. The number of nitrogen functional groups attached to an aromatic ring is 1. The molecule has 0 spiro atoms. The van der Waals surface area contributed by atoms with Crippen molar-refractivity contribution in [2.75, 3.05) is 0 Å². The summed E-state index contributed by atoms with van der Waals surface area (Å²) in [4.78, 5) is 12.6. The number of aryl methyl sites for hydroxylation is 1. The highest BCUT2D eigenvalue weighted by atomic mass is 79.9. The van der Waals surface area contributed by atoms with Crippen LogP contribution in [0, 0.1) is 6.92 Å². The third-order valence-electron chi connectivity index (χ3n) is 2.96. The largest absolute Gasteiger partial charge is 0.290 e. The minimum atomic E-state index is -0.265. The van der Waals surface area contributed by atoms with Crippen LogP contribution in [0.5, 0.6) is 0 Å².